The smallest absolute Gasteiger partial charge is 0.00104 e. The molecule has 0 heterocycles. The van der Waals surface area contributed by atoms with Crippen LogP contribution in [0.3, 0.4) is 0 Å². The SMILES string of the molecule is CSCCCC1CCC1CNC(C)C. The average molecular weight is 215 g/mol. The molecule has 0 aromatic rings. The van der Waals surface area contributed by atoms with E-state index in [9.17, 15) is 0 Å². The van der Waals surface area contributed by atoms with Gasteiger partial charge in [0.15, 0.2) is 0 Å². The molecule has 0 aliphatic heterocycles. The van der Waals surface area contributed by atoms with Gasteiger partial charge in [0.2, 0.25) is 0 Å². The second-order valence-electron chi connectivity index (χ2n) is 4.80. The number of rotatable bonds is 7. The van der Waals surface area contributed by atoms with Gasteiger partial charge >= 0.3 is 0 Å². The Balaban J connectivity index is 2.03. The third-order valence-corrected chi connectivity index (χ3v) is 3.98. The van der Waals surface area contributed by atoms with Crippen molar-refractivity contribution in [1.82, 2.24) is 5.32 Å². The highest BCUT2D eigenvalue weighted by Crippen LogP contribution is 2.37. The maximum absolute atomic E-state index is 3.56. The van der Waals surface area contributed by atoms with Crippen molar-refractivity contribution in [3.63, 3.8) is 0 Å². The van der Waals surface area contributed by atoms with Gasteiger partial charge in [-0.05, 0) is 56.1 Å². The fourth-order valence-corrected chi connectivity index (χ4v) is 2.62. The first-order valence-electron chi connectivity index (χ1n) is 5.96. The van der Waals surface area contributed by atoms with Crippen LogP contribution in [0, 0.1) is 11.8 Å². The van der Waals surface area contributed by atoms with Gasteiger partial charge in [-0.1, -0.05) is 13.8 Å². The van der Waals surface area contributed by atoms with Crippen LogP contribution in [0.2, 0.25) is 0 Å². The van der Waals surface area contributed by atoms with Crippen LogP contribution in [-0.4, -0.2) is 24.6 Å². The van der Waals surface area contributed by atoms with E-state index in [1.165, 1.54) is 38.0 Å². The zero-order valence-electron chi connectivity index (χ0n) is 9.88. The van der Waals surface area contributed by atoms with E-state index in [2.05, 4.69) is 25.4 Å². The van der Waals surface area contributed by atoms with Crippen LogP contribution >= 0.6 is 11.8 Å². The standard InChI is InChI=1S/C12H25NS/c1-10(2)13-9-12-7-6-11(12)5-4-8-14-3/h10-13H,4-9H2,1-3H3. The highest BCUT2D eigenvalue weighted by atomic mass is 32.2. The summed E-state index contributed by atoms with van der Waals surface area (Å²) < 4.78 is 0. The highest BCUT2D eigenvalue weighted by molar-refractivity contribution is 7.98. The summed E-state index contributed by atoms with van der Waals surface area (Å²) in [6.45, 7) is 5.73. The predicted molar refractivity (Wildman–Crippen MR) is 67.0 cm³/mol. The van der Waals surface area contributed by atoms with Gasteiger partial charge in [-0.3, -0.25) is 0 Å². The number of hydrogen-bond acceptors (Lipinski definition) is 2. The van der Waals surface area contributed by atoms with Crippen molar-refractivity contribution < 1.29 is 0 Å². The molecule has 0 amide bonds. The first-order chi connectivity index (χ1) is 6.74. The Kier molecular flexibility index (Phi) is 5.95. The number of thioether (sulfide) groups is 1. The van der Waals surface area contributed by atoms with Crippen LogP contribution in [0.1, 0.15) is 39.5 Å². The molecular formula is C12H25NS. The molecular weight excluding hydrogens is 190 g/mol. The molecule has 2 unspecified atom stereocenters. The summed E-state index contributed by atoms with van der Waals surface area (Å²) in [5, 5.41) is 3.56. The van der Waals surface area contributed by atoms with Gasteiger partial charge < -0.3 is 5.32 Å². The Labute approximate surface area is 93.4 Å². The van der Waals surface area contributed by atoms with Gasteiger partial charge in [0.25, 0.3) is 0 Å². The maximum Gasteiger partial charge on any atom is 0.00104 e. The molecule has 14 heavy (non-hydrogen) atoms. The summed E-state index contributed by atoms with van der Waals surface area (Å²) in [6.07, 6.45) is 8.04. The van der Waals surface area contributed by atoms with Crippen molar-refractivity contribution in [1.29, 1.82) is 0 Å². The summed E-state index contributed by atoms with van der Waals surface area (Å²) in [4.78, 5) is 0. The first-order valence-corrected chi connectivity index (χ1v) is 7.35. The van der Waals surface area contributed by atoms with Crippen LogP contribution in [0.4, 0.5) is 0 Å². The lowest BCUT2D eigenvalue weighted by Crippen LogP contribution is -2.37. The molecule has 0 aromatic carbocycles. The summed E-state index contributed by atoms with van der Waals surface area (Å²) in [5.41, 5.74) is 0. The molecule has 2 heteroatoms. The molecule has 1 saturated carbocycles. The van der Waals surface area contributed by atoms with Crippen molar-refractivity contribution in [2.24, 2.45) is 11.8 Å². The fraction of sp³-hybridized carbons (Fsp3) is 1.00. The summed E-state index contributed by atoms with van der Waals surface area (Å²) >= 11 is 1.98. The quantitative estimate of drug-likeness (QED) is 0.655. The molecule has 1 fully saturated rings. The van der Waals surface area contributed by atoms with E-state index in [-0.39, 0.29) is 0 Å². The minimum atomic E-state index is 0.655. The van der Waals surface area contributed by atoms with E-state index in [4.69, 9.17) is 0 Å². The van der Waals surface area contributed by atoms with Gasteiger partial charge in [-0.15, -0.1) is 0 Å². The van der Waals surface area contributed by atoms with Crippen molar-refractivity contribution in [3.05, 3.63) is 0 Å². The molecule has 0 aromatic heterocycles. The van der Waals surface area contributed by atoms with E-state index in [1.807, 2.05) is 11.8 Å². The number of nitrogens with one attached hydrogen (secondary N) is 1. The second-order valence-corrected chi connectivity index (χ2v) is 5.78. The zero-order chi connectivity index (χ0) is 10.4. The van der Waals surface area contributed by atoms with Crippen LogP contribution in [0.15, 0.2) is 0 Å². The van der Waals surface area contributed by atoms with E-state index >= 15 is 0 Å². The van der Waals surface area contributed by atoms with Crippen molar-refractivity contribution in [2.75, 3.05) is 18.6 Å². The minimum Gasteiger partial charge on any atom is -0.314 e. The summed E-state index contributed by atoms with van der Waals surface area (Å²) in [7, 11) is 0. The molecule has 0 saturated heterocycles. The van der Waals surface area contributed by atoms with E-state index in [0.717, 1.165) is 11.8 Å². The van der Waals surface area contributed by atoms with Gasteiger partial charge in [-0.25, -0.2) is 0 Å². The topological polar surface area (TPSA) is 12.0 Å². The zero-order valence-corrected chi connectivity index (χ0v) is 10.7. The number of hydrogen-bond donors (Lipinski definition) is 1. The third kappa shape index (κ3) is 4.22. The fourth-order valence-electron chi connectivity index (χ4n) is 2.16. The Morgan fingerprint density at radius 2 is 2.00 bits per heavy atom. The lowest BCUT2D eigenvalue weighted by Gasteiger charge is -2.37. The second kappa shape index (κ2) is 6.73. The largest absolute Gasteiger partial charge is 0.314 e. The van der Waals surface area contributed by atoms with Gasteiger partial charge in [0.05, 0.1) is 0 Å². The molecule has 1 nitrogen and oxygen atoms in total. The van der Waals surface area contributed by atoms with Gasteiger partial charge in [0, 0.05) is 6.04 Å². The first kappa shape index (κ1) is 12.4. The van der Waals surface area contributed by atoms with Crippen molar-refractivity contribution in [3.8, 4) is 0 Å². The minimum absolute atomic E-state index is 0.655. The molecule has 1 rings (SSSR count). The molecule has 0 spiro atoms. The Hall–Kier alpha value is 0.310. The molecule has 2 atom stereocenters. The third-order valence-electron chi connectivity index (χ3n) is 3.29. The molecule has 0 bridgehead atoms. The Morgan fingerprint density at radius 3 is 2.50 bits per heavy atom. The maximum atomic E-state index is 3.56. The van der Waals surface area contributed by atoms with Crippen LogP contribution in [-0.2, 0) is 0 Å². The van der Waals surface area contributed by atoms with Crippen LogP contribution < -0.4 is 5.32 Å². The van der Waals surface area contributed by atoms with Crippen molar-refractivity contribution >= 4 is 11.8 Å². The lowest BCUT2D eigenvalue weighted by molar-refractivity contribution is 0.157. The lowest BCUT2D eigenvalue weighted by atomic mass is 9.71. The van der Waals surface area contributed by atoms with Crippen LogP contribution in [0.5, 0.6) is 0 Å². The highest BCUT2D eigenvalue weighted by Gasteiger charge is 2.29. The summed E-state index contributed by atoms with van der Waals surface area (Å²) in [5.74, 6) is 3.37. The molecule has 1 aliphatic carbocycles. The predicted octanol–water partition coefficient (Wildman–Crippen LogP) is 3.15. The molecule has 84 valence electrons. The van der Waals surface area contributed by atoms with Crippen molar-refractivity contribution in [2.45, 2.75) is 45.6 Å². The molecule has 1 N–H and O–H groups in total. The normalized spacial score (nSPS) is 26.6. The Morgan fingerprint density at radius 1 is 1.29 bits per heavy atom. The van der Waals surface area contributed by atoms with Crippen LogP contribution in [0.25, 0.3) is 0 Å². The van der Waals surface area contributed by atoms with Gasteiger partial charge in [-0.2, -0.15) is 11.8 Å². The van der Waals surface area contributed by atoms with E-state index < -0.39 is 0 Å². The molecule has 1 aliphatic rings. The van der Waals surface area contributed by atoms with E-state index in [0.29, 0.717) is 6.04 Å². The van der Waals surface area contributed by atoms with E-state index in [1.54, 1.807) is 0 Å². The average Bonchev–Trinajstić information content (AvgIpc) is 2.10. The monoisotopic (exact) mass is 215 g/mol. The summed E-state index contributed by atoms with van der Waals surface area (Å²) in [6, 6.07) is 0.655. The Bertz CT molecular complexity index is 147. The van der Waals surface area contributed by atoms with Gasteiger partial charge in [0.1, 0.15) is 0 Å². The molecule has 0 radical (unpaired) electrons.